The second-order valence-corrected chi connectivity index (χ2v) is 5.00. The average Bonchev–Trinajstić information content (AvgIpc) is 2.47. The highest BCUT2D eigenvalue weighted by Crippen LogP contribution is 2.33. The Morgan fingerprint density at radius 2 is 2.10 bits per heavy atom. The lowest BCUT2D eigenvalue weighted by Crippen LogP contribution is -2.30. The van der Waals surface area contributed by atoms with Crippen molar-refractivity contribution in [1.82, 2.24) is 5.48 Å². The van der Waals surface area contributed by atoms with Crippen LogP contribution in [-0.4, -0.2) is 10.8 Å². The van der Waals surface area contributed by atoms with E-state index in [2.05, 4.69) is 26.4 Å². The first kappa shape index (κ1) is 12.6. The van der Waals surface area contributed by atoms with Crippen LogP contribution in [0.4, 0.5) is 11.4 Å². The number of benzene rings is 2. The summed E-state index contributed by atoms with van der Waals surface area (Å²) in [6, 6.07) is 11.6. The Balaban J connectivity index is 2.01. The zero-order valence-electron chi connectivity index (χ0n) is 10.0. The maximum Gasteiger partial charge on any atom is 0.270 e. The van der Waals surface area contributed by atoms with Crippen LogP contribution in [0.3, 0.4) is 0 Å². The van der Waals surface area contributed by atoms with Gasteiger partial charge in [0.1, 0.15) is 5.69 Å². The Morgan fingerprint density at radius 3 is 2.90 bits per heavy atom. The third-order valence-electron chi connectivity index (χ3n) is 2.74. The molecule has 0 unspecified atom stereocenters. The molecule has 0 saturated carbocycles. The number of nitro benzene ring substituents is 1. The van der Waals surface area contributed by atoms with E-state index in [1.165, 1.54) is 12.1 Å². The molecule has 0 saturated heterocycles. The number of hydrogen-bond acceptors (Lipinski definition) is 5. The summed E-state index contributed by atoms with van der Waals surface area (Å²) in [5, 5.41) is 10.8. The number of halogens is 1. The van der Waals surface area contributed by atoms with Gasteiger partial charge in [-0.15, -0.1) is 0 Å². The van der Waals surface area contributed by atoms with Crippen LogP contribution >= 0.6 is 15.9 Å². The van der Waals surface area contributed by atoms with Crippen LogP contribution in [0, 0.1) is 10.1 Å². The van der Waals surface area contributed by atoms with Gasteiger partial charge in [0.25, 0.3) is 5.69 Å². The number of amidine groups is 1. The van der Waals surface area contributed by atoms with Gasteiger partial charge in [0.2, 0.25) is 0 Å². The predicted molar refractivity (Wildman–Crippen MR) is 77.2 cm³/mol. The highest BCUT2D eigenvalue weighted by atomic mass is 79.9. The van der Waals surface area contributed by atoms with Gasteiger partial charge in [-0.1, -0.05) is 28.1 Å². The summed E-state index contributed by atoms with van der Waals surface area (Å²) in [5.74, 6) is 1.03. The fourth-order valence-corrected chi connectivity index (χ4v) is 2.14. The molecule has 0 spiro atoms. The number of hydroxylamine groups is 1. The summed E-state index contributed by atoms with van der Waals surface area (Å²) in [6.45, 7) is 0. The molecule has 1 aliphatic heterocycles. The minimum Gasteiger partial charge on any atom is -0.378 e. The van der Waals surface area contributed by atoms with Crippen molar-refractivity contribution in [2.75, 3.05) is 0 Å². The lowest BCUT2D eigenvalue weighted by Gasteiger charge is -2.18. The van der Waals surface area contributed by atoms with Gasteiger partial charge in [0, 0.05) is 22.2 Å². The Hall–Kier alpha value is -2.41. The minimum atomic E-state index is -0.446. The van der Waals surface area contributed by atoms with Crippen molar-refractivity contribution < 1.29 is 9.76 Å². The molecule has 6 nitrogen and oxygen atoms in total. The molecular weight excluding hydrogens is 326 g/mol. The molecule has 20 heavy (non-hydrogen) atoms. The van der Waals surface area contributed by atoms with Crippen molar-refractivity contribution in [2.24, 2.45) is 4.99 Å². The van der Waals surface area contributed by atoms with Gasteiger partial charge in [-0.05, 0) is 18.2 Å². The first-order chi connectivity index (χ1) is 9.63. The summed E-state index contributed by atoms with van der Waals surface area (Å²) >= 11 is 3.34. The van der Waals surface area contributed by atoms with Crippen LogP contribution in [0.1, 0.15) is 5.56 Å². The second-order valence-electron chi connectivity index (χ2n) is 4.08. The highest BCUT2D eigenvalue weighted by molar-refractivity contribution is 9.10. The molecule has 0 bridgehead atoms. The van der Waals surface area contributed by atoms with Crippen LogP contribution in [0.2, 0.25) is 0 Å². The Morgan fingerprint density at radius 1 is 1.25 bits per heavy atom. The first-order valence-electron chi connectivity index (χ1n) is 5.69. The van der Waals surface area contributed by atoms with Crippen molar-refractivity contribution in [3.05, 3.63) is 62.6 Å². The highest BCUT2D eigenvalue weighted by Gasteiger charge is 2.16. The number of hydrogen-bond donors (Lipinski definition) is 1. The maximum absolute atomic E-state index is 10.8. The summed E-state index contributed by atoms with van der Waals surface area (Å²) in [4.78, 5) is 20.1. The van der Waals surface area contributed by atoms with E-state index < -0.39 is 4.92 Å². The first-order valence-corrected chi connectivity index (χ1v) is 6.49. The SMILES string of the molecule is O=[N+]([O-])c1cccc(C2=Nc3ccc(Br)cc3ON2)c1. The van der Waals surface area contributed by atoms with Gasteiger partial charge >= 0.3 is 0 Å². The van der Waals surface area contributed by atoms with E-state index in [0.717, 1.165) is 4.47 Å². The van der Waals surface area contributed by atoms with Crippen molar-refractivity contribution >= 4 is 33.1 Å². The van der Waals surface area contributed by atoms with Gasteiger partial charge in [-0.3, -0.25) is 10.1 Å². The molecule has 1 aliphatic rings. The fraction of sp³-hybridized carbons (Fsp3) is 0. The molecule has 0 amide bonds. The molecule has 2 aromatic carbocycles. The number of fused-ring (bicyclic) bond motifs is 1. The number of non-ortho nitro benzene ring substituents is 1. The van der Waals surface area contributed by atoms with Crippen molar-refractivity contribution in [3.63, 3.8) is 0 Å². The summed E-state index contributed by atoms with van der Waals surface area (Å²) in [6.07, 6.45) is 0. The largest absolute Gasteiger partial charge is 0.378 e. The van der Waals surface area contributed by atoms with Gasteiger partial charge < -0.3 is 4.84 Å². The van der Waals surface area contributed by atoms with Crippen LogP contribution in [0.15, 0.2) is 51.9 Å². The maximum atomic E-state index is 10.8. The summed E-state index contributed by atoms with van der Waals surface area (Å²) in [5.41, 5.74) is 3.95. The molecule has 0 atom stereocenters. The van der Waals surface area contributed by atoms with Crippen molar-refractivity contribution in [1.29, 1.82) is 0 Å². The van der Waals surface area contributed by atoms with E-state index >= 15 is 0 Å². The van der Waals surface area contributed by atoms with Gasteiger partial charge in [-0.25, -0.2) is 10.5 Å². The third kappa shape index (κ3) is 2.35. The molecule has 0 radical (unpaired) electrons. The van der Waals surface area contributed by atoms with Crippen LogP contribution in [-0.2, 0) is 0 Å². The third-order valence-corrected chi connectivity index (χ3v) is 3.24. The smallest absolute Gasteiger partial charge is 0.270 e. The standard InChI is InChI=1S/C13H8BrN3O3/c14-9-4-5-11-12(7-9)20-16-13(15-11)8-2-1-3-10(6-8)17(18)19/h1-7H,(H,15,16). The molecular formula is C13H8BrN3O3. The fourth-order valence-electron chi connectivity index (χ4n) is 1.80. The Kier molecular flexibility index (Phi) is 3.11. The van der Waals surface area contributed by atoms with Crippen LogP contribution in [0.5, 0.6) is 5.75 Å². The van der Waals surface area contributed by atoms with Gasteiger partial charge in [-0.2, -0.15) is 0 Å². The summed E-state index contributed by atoms with van der Waals surface area (Å²) < 4.78 is 0.882. The normalized spacial score (nSPS) is 12.8. The van der Waals surface area contributed by atoms with Gasteiger partial charge in [0.15, 0.2) is 11.6 Å². The molecule has 0 aliphatic carbocycles. The topological polar surface area (TPSA) is 76.8 Å². The minimum absolute atomic E-state index is 0.00797. The average molecular weight is 334 g/mol. The van der Waals surface area contributed by atoms with E-state index in [-0.39, 0.29) is 5.69 Å². The zero-order valence-corrected chi connectivity index (χ0v) is 11.6. The number of nitrogens with zero attached hydrogens (tertiary/aromatic N) is 2. The van der Waals surface area contributed by atoms with E-state index in [1.807, 2.05) is 6.07 Å². The number of aliphatic imine (C=N–C) groups is 1. The molecule has 1 heterocycles. The number of nitro groups is 1. The predicted octanol–water partition coefficient (Wildman–Crippen LogP) is 3.33. The van der Waals surface area contributed by atoms with Crippen LogP contribution < -0.4 is 10.3 Å². The second kappa shape index (κ2) is 4.93. The van der Waals surface area contributed by atoms with E-state index in [9.17, 15) is 10.1 Å². The van der Waals surface area contributed by atoms with E-state index in [1.54, 1.807) is 24.3 Å². The lowest BCUT2D eigenvalue weighted by molar-refractivity contribution is -0.384. The number of rotatable bonds is 2. The quantitative estimate of drug-likeness (QED) is 0.675. The van der Waals surface area contributed by atoms with Crippen LogP contribution in [0.25, 0.3) is 0 Å². The molecule has 3 rings (SSSR count). The molecule has 1 N–H and O–H groups in total. The molecule has 100 valence electrons. The molecule has 0 fully saturated rings. The van der Waals surface area contributed by atoms with E-state index in [4.69, 9.17) is 4.84 Å². The zero-order chi connectivity index (χ0) is 14.1. The lowest BCUT2D eigenvalue weighted by atomic mass is 10.2. The van der Waals surface area contributed by atoms with Gasteiger partial charge in [0.05, 0.1) is 4.92 Å². The molecule has 7 heteroatoms. The van der Waals surface area contributed by atoms with Crippen molar-refractivity contribution in [2.45, 2.75) is 0 Å². The molecule has 0 aromatic heterocycles. The Bertz CT molecular complexity index is 731. The van der Waals surface area contributed by atoms with E-state index in [0.29, 0.717) is 22.8 Å². The monoisotopic (exact) mass is 333 g/mol. The molecule has 2 aromatic rings. The summed E-state index contributed by atoms with van der Waals surface area (Å²) in [7, 11) is 0. The number of nitrogens with one attached hydrogen (secondary N) is 1. The van der Waals surface area contributed by atoms with Crippen molar-refractivity contribution in [3.8, 4) is 5.75 Å². The Labute approximate surface area is 122 Å².